The fraction of sp³-hybridized carbons (Fsp3) is 0.647. The average Bonchev–Trinajstić information content (AvgIpc) is 2.41. The van der Waals surface area contributed by atoms with Gasteiger partial charge in [-0.25, -0.2) is 0 Å². The third-order valence-electron chi connectivity index (χ3n) is 2.35. The van der Waals surface area contributed by atoms with Gasteiger partial charge in [0.25, 0.3) is 0 Å². The molecule has 0 N–H and O–H groups in total. The molecule has 0 bridgehead atoms. The molecule has 0 atom stereocenters. The standard InChI is InChI=1S/C13H23N.2C2H6/c1-7-12(5)9-13(11(3)4)10-14(6)8-2;2*1-2/h7,9H,1,8,10H2,2-6H3;2*1-2H3/b12-9-;;. The molecule has 0 spiro atoms. The summed E-state index contributed by atoms with van der Waals surface area (Å²) in [6.45, 7) is 22.4. The monoisotopic (exact) mass is 253 g/mol. The number of hydrogen-bond donors (Lipinski definition) is 0. The van der Waals surface area contributed by atoms with Gasteiger partial charge in [0.2, 0.25) is 0 Å². The number of allylic oxidation sites excluding steroid dienone is 3. The molecule has 0 aromatic rings. The summed E-state index contributed by atoms with van der Waals surface area (Å²) in [6, 6.07) is 0. The number of rotatable bonds is 5. The quantitative estimate of drug-likeness (QED) is 0.588. The normalized spacial score (nSPS) is 9.78. The first-order valence-electron chi connectivity index (χ1n) is 7.16. The summed E-state index contributed by atoms with van der Waals surface area (Å²) in [5, 5.41) is 0. The van der Waals surface area contributed by atoms with Crippen LogP contribution in [-0.2, 0) is 0 Å². The van der Waals surface area contributed by atoms with E-state index < -0.39 is 0 Å². The number of hydrogen-bond acceptors (Lipinski definition) is 1. The zero-order chi connectivity index (χ0) is 15.1. The first-order chi connectivity index (χ1) is 8.51. The highest BCUT2D eigenvalue weighted by molar-refractivity contribution is 5.31. The lowest BCUT2D eigenvalue weighted by atomic mass is 10.1. The van der Waals surface area contributed by atoms with Crippen molar-refractivity contribution >= 4 is 0 Å². The van der Waals surface area contributed by atoms with Crippen LogP contribution >= 0.6 is 0 Å². The Labute approximate surface area is 116 Å². The fourth-order valence-corrected chi connectivity index (χ4v) is 1.08. The van der Waals surface area contributed by atoms with Gasteiger partial charge < -0.3 is 4.90 Å². The molecule has 0 radical (unpaired) electrons. The largest absolute Gasteiger partial charge is 0.302 e. The summed E-state index contributed by atoms with van der Waals surface area (Å²) < 4.78 is 0. The fourth-order valence-electron chi connectivity index (χ4n) is 1.08. The van der Waals surface area contributed by atoms with Crippen molar-refractivity contribution in [3.05, 3.63) is 35.5 Å². The van der Waals surface area contributed by atoms with Crippen molar-refractivity contribution < 1.29 is 0 Å². The Hall–Kier alpha value is -0.820. The molecule has 0 aliphatic heterocycles. The van der Waals surface area contributed by atoms with Crippen LogP contribution < -0.4 is 0 Å². The highest BCUT2D eigenvalue weighted by Gasteiger charge is 2.00. The van der Waals surface area contributed by atoms with Crippen LogP contribution in [-0.4, -0.2) is 25.0 Å². The zero-order valence-corrected chi connectivity index (χ0v) is 14.2. The third-order valence-corrected chi connectivity index (χ3v) is 2.35. The van der Waals surface area contributed by atoms with E-state index >= 15 is 0 Å². The van der Waals surface area contributed by atoms with Crippen molar-refractivity contribution in [3.63, 3.8) is 0 Å². The van der Waals surface area contributed by atoms with Crippen molar-refractivity contribution in [2.24, 2.45) is 0 Å². The minimum absolute atomic E-state index is 1.02. The average molecular weight is 253 g/mol. The Morgan fingerprint density at radius 3 is 1.78 bits per heavy atom. The maximum Gasteiger partial charge on any atom is 0.0230 e. The SMILES string of the molecule is C=C/C(C)=C\C(CN(C)CC)=C(C)C.CC.CC. The predicted molar refractivity (Wildman–Crippen MR) is 88.2 cm³/mol. The first-order valence-corrected chi connectivity index (χ1v) is 7.16. The van der Waals surface area contributed by atoms with Gasteiger partial charge in [0.1, 0.15) is 0 Å². The number of nitrogens with zero attached hydrogens (tertiary/aromatic N) is 1. The van der Waals surface area contributed by atoms with Crippen molar-refractivity contribution in [2.45, 2.75) is 55.4 Å². The molecule has 0 aromatic carbocycles. The Morgan fingerprint density at radius 2 is 1.50 bits per heavy atom. The Balaban J connectivity index is -0.000000506. The molecule has 108 valence electrons. The van der Waals surface area contributed by atoms with Crippen LogP contribution in [0.1, 0.15) is 55.4 Å². The van der Waals surface area contributed by atoms with E-state index in [2.05, 4.69) is 52.3 Å². The van der Waals surface area contributed by atoms with Gasteiger partial charge in [-0.05, 0) is 39.9 Å². The van der Waals surface area contributed by atoms with E-state index in [1.807, 2.05) is 33.8 Å². The molecule has 0 aliphatic rings. The second-order valence-electron chi connectivity index (χ2n) is 3.95. The van der Waals surface area contributed by atoms with E-state index in [0.29, 0.717) is 0 Å². The van der Waals surface area contributed by atoms with Crippen LogP contribution in [0.2, 0.25) is 0 Å². The summed E-state index contributed by atoms with van der Waals surface area (Å²) in [5.41, 5.74) is 4.00. The Kier molecular flexibility index (Phi) is 20.1. The molecule has 0 saturated carbocycles. The lowest BCUT2D eigenvalue weighted by Crippen LogP contribution is -2.20. The molecule has 18 heavy (non-hydrogen) atoms. The lowest BCUT2D eigenvalue weighted by molar-refractivity contribution is 0.385. The molecule has 0 saturated heterocycles. The minimum Gasteiger partial charge on any atom is -0.302 e. The van der Waals surface area contributed by atoms with E-state index in [1.54, 1.807) is 0 Å². The summed E-state index contributed by atoms with van der Waals surface area (Å²) >= 11 is 0. The topological polar surface area (TPSA) is 3.24 Å². The maximum atomic E-state index is 3.77. The number of likely N-dealkylation sites (N-methyl/N-ethyl adjacent to an activating group) is 1. The van der Waals surface area contributed by atoms with Crippen LogP contribution in [0.25, 0.3) is 0 Å². The van der Waals surface area contributed by atoms with Crippen LogP contribution in [0.3, 0.4) is 0 Å². The molecular weight excluding hydrogens is 218 g/mol. The lowest BCUT2D eigenvalue weighted by Gasteiger charge is -2.16. The molecule has 0 heterocycles. The molecule has 0 rings (SSSR count). The molecule has 1 heteroatoms. The second kappa shape index (κ2) is 16.2. The second-order valence-corrected chi connectivity index (χ2v) is 3.95. The van der Waals surface area contributed by atoms with Gasteiger partial charge in [-0.2, -0.15) is 0 Å². The van der Waals surface area contributed by atoms with E-state index in [-0.39, 0.29) is 0 Å². The van der Waals surface area contributed by atoms with E-state index in [9.17, 15) is 0 Å². The molecular formula is C17H35N. The van der Waals surface area contributed by atoms with Crippen LogP contribution in [0.5, 0.6) is 0 Å². The zero-order valence-electron chi connectivity index (χ0n) is 14.2. The van der Waals surface area contributed by atoms with Gasteiger partial charge >= 0.3 is 0 Å². The van der Waals surface area contributed by atoms with Gasteiger partial charge in [-0.15, -0.1) is 0 Å². The molecule has 0 aliphatic carbocycles. The first kappa shape index (κ1) is 22.4. The van der Waals surface area contributed by atoms with Gasteiger partial charge in [-0.1, -0.05) is 64.5 Å². The van der Waals surface area contributed by atoms with Crippen molar-refractivity contribution in [1.82, 2.24) is 4.90 Å². The van der Waals surface area contributed by atoms with Gasteiger partial charge in [0, 0.05) is 6.54 Å². The minimum atomic E-state index is 1.02. The summed E-state index contributed by atoms with van der Waals surface area (Å²) in [4.78, 5) is 2.30. The molecule has 0 unspecified atom stereocenters. The van der Waals surface area contributed by atoms with Crippen molar-refractivity contribution in [2.75, 3.05) is 20.1 Å². The maximum absolute atomic E-state index is 3.77. The van der Waals surface area contributed by atoms with E-state index in [1.165, 1.54) is 16.7 Å². The molecule has 1 nitrogen and oxygen atoms in total. The molecule has 0 aromatic heterocycles. The van der Waals surface area contributed by atoms with Crippen LogP contribution in [0.4, 0.5) is 0 Å². The van der Waals surface area contributed by atoms with Crippen LogP contribution in [0.15, 0.2) is 35.5 Å². The summed E-state index contributed by atoms with van der Waals surface area (Å²) in [7, 11) is 2.14. The molecule has 0 fully saturated rings. The van der Waals surface area contributed by atoms with Crippen LogP contribution in [0, 0.1) is 0 Å². The van der Waals surface area contributed by atoms with Gasteiger partial charge in [0.05, 0.1) is 0 Å². The van der Waals surface area contributed by atoms with Gasteiger partial charge in [0.15, 0.2) is 0 Å². The van der Waals surface area contributed by atoms with E-state index in [4.69, 9.17) is 0 Å². The van der Waals surface area contributed by atoms with E-state index in [0.717, 1.165) is 13.1 Å². The van der Waals surface area contributed by atoms with Gasteiger partial charge in [-0.3, -0.25) is 0 Å². The predicted octanol–water partition coefficient (Wildman–Crippen LogP) is 5.46. The highest BCUT2D eigenvalue weighted by Crippen LogP contribution is 2.10. The third kappa shape index (κ3) is 13.2. The smallest absolute Gasteiger partial charge is 0.0230 e. The molecule has 0 amide bonds. The Morgan fingerprint density at radius 1 is 1.06 bits per heavy atom. The van der Waals surface area contributed by atoms with Crippen molar-refractivity contribution in [1.29, 1.82) is 0 Å². The summed E-state index contributed by atoms with van der Waals surface area (Å²) in [6.07, 6.45) is 4.11. The van der Waals surface area contributed by atoms with Crippen molar-refractivity contribution in [3.8, 4) is 0 Å². The highest BCUT2D eigenvalue weighted by atomic mass is 15.1. The summed E-state index contributed by atoms with van der Waals surface area (Å²) in [5.74, 6) is 0. The Bertz CT molecular complexity index is 242.